The van der Waals surface area contributed by atoms with E-state index in [1.807, 2.05) is 6.07 Å². The molecule has 0 saturated heterocycles. The van der Waals surface area contributed by atoms with Crippen molar-refractivity contribution in [2.45, 2.75) is 13.3 Å². The summed E-state index contributed by atoms with van der Waals surface area (Å²) >= 11 is 0. The van der Waals surface area contributed by atoms with Crippen LogP contribution in [0.2, 0.25) is 0 Å². The first-order chi connectivity index (χ1) is 8.55. The number of hydrogen-bond donors (Lipinski definition) is 1. The first-order valence-corrected chi connectivity index (χ1v) is 7.27. The number of hydrogen-bond acceptors (Lipinski definition) is 4. The van der Waals surface area contributed by atoms with Gasteiger partial charge in [-0.15, -0.1) is 0 Å². The molecule has 0 bridgehead atoms. The van der Waals surface area contributed by atoms with E-state index >= 15 is 0 Å². The molecule has 0 aliphatic carbocycles. The van der Waals surface area contributed by atoms with Crippen LogP contribution < -0.4 is 4.31 Å². The Bertz CT molecular complexity index is 534. The van der Waals surface area contributed by atoms with E-state index in [0.717, 1.165) is 0 Å². The number of aliphatic hydroxyl groups excluding tert-OH is 1. The summed E-state index contributed by atoms with van der Waals surface area (Å²) in [6.07, 6.45) is 0.357. The first-order valence-electron chi connectivity index (χ1n) is 5.66. The van der Waals surface area contributed by atoms with Gasteiger partial charge in [0.25, 0.3) is 0 Å². The van der Waals surface area contributed by atoms with Gasteiger partial charge >= 0.3 is 0 Å². The topological polar surface area (TPSA) is 81.4 Å². The van der Waals surface area contributed by atoms with E-state index in [-0.39, 0.29) is 18.9 Å². The van der Waals surface area contributed by atoms with Gasteiger partial charge in [0, 0.05) is 13.2 Å². The molecule has 1 aromatic carbocycles. The van der Waals surface area contributed by atoms with Gasteiger partial charge < -0.3 is 5.11 Å². The van der Waals surface area contributed by atoms with Crippen molar-refractivity contribution in [3.8, 4) is 6.07 Å². The third kappa shape index (κ3) is 3.45. The summed E-state index contributed by atoms with van der Waals surface area (Å²) in [7, 11) is -3.40. The maximum Gasteiger partial charge on any atom is 0.234 e. The maximum atomic E-state index is 12.0. The molecule has 0 spiro atoms. The molecule has 98 valence electrons. The second-order valence-electron chi connectivity index (χ2n) is 3.71. The Labute approximate surface area is 107 Å². The summed E-state index contributed by atoms with van der Waals surface area (Å²) in [5.41, 5.74) is 0.872. The van der Waals surface area contributed by atoms with Gasteiger partial charge in [-0.05, 0) is 31.5 Å². The highest BCUT2D eigenvalue weighted by molar-refractivity contribution is 7.92. The van der Waals surface area contributed by atoms with Gasteiger partial charge in [-0.1, -0.05) is 6.07 Å². The molecule has 5 nitrogen and oxygen atoms in total. The lowest BCUT2D eigenvalue weighted by atomic mass is 10.2. The molecule has 0 aliphatic heterocycles. The lowest BCUT2D eigenvalue weighted by Gasteiger charge is -2.23. The van der Waals surface area contributed by atoms with Crippen LogP contribution in [0.25, 0.3) is 0 Å². The maximum absolute atomic E-state index is 12.0. The molecule has 0 fully saturated rings. The molecule has 0 aromatic heterocycles. The summed E-state index contributed by atoms with van der Waals surface area (Å²) in [5, 5.41) is 17.6. The van der Waals surface area contributed by atoms with Crippen LogP contribution in [-0.4, -0.2) is 32.4 Å². The predicted octanol–water partition coefficient (Wildman–Crippen LogP) is 1.10. The second-order valence-corrected chi connectivity index (χ2v) is 5.89. The smallest absolute Gasteiger partial charge is 0.234 e. The van der Waals surface area contributed by atoms with Crippen LogP contribution in [0.5, 0.6) is 0 Å². The van der Waals surface area contributed by atoms with Gasteiger partial charge in [-0.2, -0.15) is 5.26 Å². The minimum atomic E-state index is -3.40. The van der Waals surface area contributed by atoms with E-state index in [1.165, 1.54) is 10.4 Å². The molecular weight excluding hydrogens is 252 g/mol. The van der Waals surface area contributed by atoms with E-state index in [0.29, 0.717) is 17.7 Å². The lowest BCUT2D eigenvalue weighted by Crippen LogP contribution is -2.33. The Morgan fingerprint density at radius 2 is 2.17 bits per heavy atom. The normalized spacial score (nSPS) is 10.9. The third-order valence-corrected chi connectivity index (χ3v) is 4.28. The van der Waals surface area contributed by atoms with Gasteiger partial charge in [-0.3, -0.25) is 4.31 Å². The highest BCUT2D eigenvalue weighted by Crippen LogP contribution is 2.20. The van der Waals surface area contributed by atoms with Crippen molar-refractivity contribution in [2.75, 3.05) is 23.2 Å². The summed E-state index contributed by atoms with van der Waals surface area (Å²) in [6.45, 7) is 1.70. The monoisotopic (exact) mass is 268 g/mol. The number of sulfonamides is 1. The minimum absolute atomic E-state index is 0.0186. The van der Waals surface area contributed by atoms with Crippen molar-refractivity contribution in [2.24, 2.45) is 0 Å². The van der Waals surface area contributed by atoms with Crippen LogP contribution in [0.3, 0.4) is 0 Å². The predicted molar refractivity (Wildman–Crippen MR) is 69.7 cm³/mol. The highest BCUT2D eigenvalue weighted by atomic mass is 32.2. The second kappa shape index (κ2) is 6.38. The zero-order chi connectivity index (χ0) is 13.6. The number of nitrogens with zero attached hydrogens (tertiary/aromatic N) is 2. The first kappa shape index (κ1) is 14.5. The van der Waals surface area contributed by atoms with Gasteiger partial charge in [0.1, 0.15) is 0 Å². The SMILES string of the molecule is CCS(=O)(=O)N(CCCO)c1cccc(C#N)c1. The van der Waals surface area contributed by atoms with Gasteiger partial charge in [0.2, 0.25) is 10.0 Å². The Balaban J connectivity index is 3.14. The summed E-state index contributed by atoms with van der Waals surface area (Å²) in [5.74, 6) is -0.0186. The molecule has 0 heterocycles. The Hall–Kier alpha value is -1.58. The minimum Gasteiger partial charge on any atom is -0.396 e. The van der Waals surface area contributed by atoms with Gasteiger partial charge in [-0.25, -0.2) is 8.42 Å². The van der Waals surface area contributed by atoms with Crippen LogP contribution in [0, 0.1) is 11.3 Å². The van der Waals surface area contributed by atoms with Crippen LogP contribution in [0.15, 0.2) is 24.3 Å². The van der Waals surface area contributed by atoms with E-state index in [4.69, 9.17) is 10.4 Å². The Morgan fingerprint density at radius 1 is 1.44 bits per heavy atom. The third-order valence-electron chi connectivity index (χ3n) is 2.48. The summed E-state index contributed by atoms with van der Waals surface area (Å²) in [4.78, 5) is 0. The zero-order valence-corrected chi connectivity index (χ0v) is 11.0. The fraction of sp³-hybridized carbons (Fsp3) is 0.417. The molecule has 0 atom stereocenters. The lowest BCUT2D eigenvalue weighted by molar-refractivity contribution is 0.291. The number of benzene rings is 1. The highest BCUT2D eigenvalue weighted by Gasteiger charge is 2.20. The molecule has 1 N–H and O–H groups in total. The zero-order valence-electron chi connectivity index (χ0n) is 10.2. The molecule has 0 saturated carbocycles. The van der Waals surface area contributed by atoms with E-state index in [2.05, 4.69) is 0 Å². The fourth-order valence-corrected chi connectivity index (χ4v) is 2.68. The summed E-state index contributed by atoms with van der Waals surface area (Å²) < 4.78 is 25.2. The van der Waals surface area contributed by atoms with Crippen LogP contribution in [0.1, 0.15) is 18.9 Å². The fourth-order valence-electron chi connectivity index (χ4n) is 1.53. The molecule has 1 rings (SSSR count). The van der Waals surface area contributed by atoms with Crippen molar-refractivity contribution < 1.29 is 13.5 Å². The Kier molecular flexibility index (Phi) is 5.13. The van der Waals surface area contributed by atoms with Crippen molar-refractivity contribution in [3.63, 3.8) is 0 Å². The van der Waals surface area contributed by atoms with Crippen LogP contribution in [-0.2, 0) is 10.0 Å². The molecule has 0 aliphatic rings. The van der Waals surface area contributed by atoms with Gasteiger partial charge in [0.05, 0.1) is 23.1 Å². The van der Waals surface area contributed by atoms with Crippen molar-refractivity contribution in [3.05, 3.63) is 29.8 Å². The number of anilines is 1. The average Bonchev–Trinajstić information content (AvgIpc) is 2.39. The molecule has 0 amide bonds. The van der Waals surface area contributed by atoms with E-state index in [1.54, 1.807) is 25.1 Å². The average molecular weight is 268 g/mol. The van der Waals surface area contributed by atoms with E-state index < -0.39 is 10.0 Å². The standard InChI is InChI=1S/C12H16N2O3S/c1-2-18(16,17)14(7-4-8-15)12-6-3-5-11(9-12)10-13/h3,5-6,9,15H,2,4,7-8H2,1H3. The molecular formula is C12H16N2O3S. The molecule has 18 heavy (non-hydrogen) atoms. The summed E-state index contributed by atoms with van der Waals surface area (Å²) in [6, 6.07) is 8.41. The van der Waals surface area contributed by atoms with Gasteiger partial charge in [0.15, 0.2) is 0 Å². The number of aliphatic hydroxyl groups is 1. The molecule has 0 unspecified atom stereocenters. The molecule has 0 radical (unpaired) electrons. The van der Waals surface area contributed by atoms with Crippen LogP contribution in [0.4, 0.5) is 5.69 Å². The molecule has 1 aromatic rings. The van der Waals surface area contributed by atoms with Crippen LogP contribution >= 0.6 is 0 Å². The molecule has 6 heteroatoms. The Morgan fingerprint density at radius 3 is 2.72 bits per heavy atom. The van der Waals surface area contributed by atoms with Crippen molar-refractivity contribution >= 4 is 15.7 Å². The largest absolute Gasteiger partial charge is 0.396 e. The van der Waals surface area contributed by atoms with E-state index in [9.17, 15) is 8.42 Å². The quantitative estimate of drug-likeness (QED) is 0.837. The number of rotatable bonds is 6. The number of nitriles is 1. The van der Waals surface area contributed by atoms with Crippen molar-refractivity contribution in [1.29, 1.82) is 5.26 Å². The van der Waals surface area contributed by atoms with Crippen molar-refractivity contribution in [1.82, 2.24) is 0 Å².